The topological polar surface area (TPSA) is 66.9 Å². The van der Waals surface area contributed by atoms with E-state index in [-0.39, 0.29) is 10.8 Å². The highest BCUT2D eigenvalue weighted by atomic mass is 32.2. The quantitative estimate of drug-likeness (QED) is 0.609. The number of sulfonamides is 1. The van der Waals surface area contributed by atoms with Crippen LogP contribution >= 0.6 is 0 Å². The van der Waals surface area contributed by atoms with Crippen LogP contribution in [0.5, 0.6) is 0 Å². The van der Waals surface area contributed by atoms with Crippen LogP contribution in [0.1, 0.15) is 48.5 Å². The fourth-order valence-electron chi connectivity index (χ4n) is 4.69. The Hall–Kier alpha value is -2.22. The molecule has 2 fully saturated rings. The van der Waals surface area contributed by atoms with Gasteiger partial charge in [0.1, 0.15) is 0 Å². The van der Waals surface area contributed by atoms with E-state index in [4.69, 9.17) is 4.74 Å². The maximum absolute atomic E-state index is 12.9. The van der Waals surface area contributed by atoms with Gasteiger partial charge < -0.3 is 9.64 Å². The molecule has 0 spiro atoms. The molecule has 0 saturated carbocycles. The van der Waals surface area contributed by atoms with Gasteiger partial charge in [-0.2, -0.15) is 4.31 Å². The van der Waals surface area contributed by atoms with Crippen LogP contribution in [-0.2, 0) is 21.4 Å². The van der Waals surface area contributed by atoms with Gasteiger partial charge in [0.15, 0.2) is 0 Å². The van der Waals surface area contributed by atoms with E-state index >= 15 is 0 Å². The van der Waals surface area contributed by atoms with Gasteiger partial charge in [0.05, 0.1) is 11.5 Å². The number of carbonyl (C=O) groups excluding carboxylic acids is 1. The minimum absolute atomic E-state index is 0.0332. The van der Waals surface area contributed by atoms with Gasteiger partial charge in [0.25, 0.3) is 5.91 Å². The number of likely N-dealkylation sites (tertiary alicyclic amines) is 1. The van der Waals surface area contributed by atoms with E-state index in [0.717, 1.165) is 25.7 Å². The summed E-state index contributed by atoms with van der Waals surface area (Å²) >= 11 is 0. The molecule has 0 bridgehead atoms. The molecule has 6 nitrogen and oxygen atoms in total. The van der Waals surface area contributed by atoms with Crippen molar-refractivity contribution in [2.24, 2.45) is 11.8 Å². The summed E-state index contributed by atoms with van der Waals surface area (Å²) in [6.07, 6.45) is 3.79. The fourth-order valence-corrected chi connectivity index (χ4v) is 6.28. The summed E-state index contributed by atoms with van der Waals surface area (Å²) in [4.78, 5) is 15.1. The van der Waals surface area contributed by atoms with E-state index in [1.54, 1.807) is 28.6 Å². The fraction of sp³-hybridized carbons (Fsp3) is 0.500. The van der Waals surface area contributed by atoms with Gasteiger partial charge in [-0.25, -0.2) is 8.42 Å². The van der Waals surface area contributed by atoms with Crippen LogP contribution in [0.15, 0.2) is 59.5 Å². The van der Waals surface area contributed by atoms with E-state index < -0.39 is 10.0 Å². The predicted octanol–water partition coefficient (Wildman–Crippen LogP) is 4.18. The predicted molar refractivity (Wildman–Crippen MR) is 128 cm³/mol. The molecule has 0 N–H and O–H groups in total. The van der Waals surface area contributed by atoms with Crippen LogP contribution in [-0.4, -0.2) is 56.3 Å². The average Bonchev–Trinajstić information content (AvgIpc) is 2.85. The lowest BCUT2D eigenvalue weighted by Crippen LogP contribution is -2.39. The Bertz CT molecular complexity index is 1020. The van der Waals surface area contributed by atoms with Crippen LogP contribution in [0, 0.1) is 11.8 Å². The molecule has 2 aliphatic heterocycles. The normalized spacial score (nSPS) is 20.6. The number of piperidine rings is 2. The highest BCUT2D eigenvalue weighted by molar-refractivity contribution is 7.89. The molecule has 1 unspecified atom stereocenters. The zero-order valence-electron chi connectivity index (χ0n) is 19.4. The van der Waals surface area contributed by atoms with Crippen LogP contribution < -0.4 is 0 Å². The number of carbonyl (C=O) groups is 1. The van der Waals surface area contributed by atoms with Crippen molar-refractivity contribution in [3.05, 3.63) is 65.7 Å². The van der Waals surface area contributed by atoms with Gasteiger partial charge in [-0.15, -0.1) is 0 Å². The number of ether oxygens (including phenoxy) is 1. The smallest absolute Gasteiger partial charge is 0.253 e. The minimum atomic E-state index is -3.50. The summed E-state index contributed by atoms with van der Waals surface area (Å²) in [7, 11) is -3.50. The molecular formula is C26H34N2O4S. The van der Waals surface area contributed by atoms with Crippen molar-refractivity contribution in [3.8, 4) is 0 Å². The number of hydrogen-bond donors (Lipinski definition) is 0. The monoisotopic (exact) mass is 470 g/mol. The minimum Gasteiger partial charge on any atom is -0.376 e. The molecule has 1 atom stereocenters. The molecule has 1 amide bonds. The van der Waals surface area contributed by atoms with E-state index in [0.29, 0.717) is 56.8 Å². The maximum atomic E-state index is 12.9. The third kappa shape index (κ3) is 6.02. The van der Waals surface area contributed by atoms with Crippen LogP contribution in [0.25, 0.3) is 0 Å². The summed E-state index contributed by atoms with van der Waals surface area (Å²) in [6, 6.07) is 16.6. The lowest BCUT2D eigenvalue weighted by Gasteiger charge is -2.32. The Kier molecular flexibility index (Phi) is 7.83. The largest absolute Gasteiger partial charge is 0.376 e. The first-order valence-electron chi connectivity index (χ1n) is 11.9. The molecule has 2 heterocycles. The first-order chi connectivity index (χ1) is 15.9. The molecule has 178 valence electrons. The van der Waals surface area contributed by atoms with Gasteiger partial charge in [-0.05, 0) is 67.3 Å². The second-order valence-electron chi connectivity index (χ2n) is 9.37. The van der Waals surface area contributed by atoms with Gasteiger partial charge in [0, 0.05) is 38.3 Å². The number of hydrogen-bond acceptors (Lipinski definition) is 4. The molecule has 7 heteroatoms. The third-order valence-corrected chi connectivity index (χ3v) is 8.61. The zero-order chi connectivity index (χ0) is 23.3. The second-order valence-corrected chi connectivity index (χ2v) is 11.3. The van der Waals surface area contributed by atoms with Crippen molar-refractivity contribution < 1.29 is 17.9 Å². The van der Waals surface area contributed by atoms with Gasteiger partial charge in [0.2, 0.25) is 10.0 Å². The highest BCUT2D eigenvalue weighted by Gasteiger charge is 2.29. The lowest BCUT2D eigenvalue weighted by atomic mass is 9.97. The van der Waals surface area contributed by atoms with Crippen molar-refractivity contribution in [1.82, 2.24) is 9.21 Å². The molecular weight excluding hydrogens is 436 g/mol. The Morgan fingerprint density at radius 2 is 1.67 bits per heavy atom. The van der Waals surface area contributed by atoms with E-state index in [1.807, 2.05) is 23.1 Å². The Balaban J connectivity index is 1.27. The third-order valence-electron chi connectivity index (χ3n) is 6.73. The standard InChI is InChI=1S/C26H34N2O4S/c1-21-6-5-15-28(18-21)33(30,31)25-11-9-24(10-12-25)26(29)27-16-13-23(14-17-27)20-32-19-22-7-3-2-4-8-22/h2-4,7-12,21,23H,5-6,13-20H2,1H3. The number of benzene rings is 2. The maximum Gasteiger partial charge on any atom is 0.253 e. The van der Waals surface area contributed by atoms with Crippen molar-refractivity contribution >= 4 is 15.9 Å². The molecule has 2 aliphatic rings. The lowest BCUT2D eigenvalue weighted by molar-refractivity contribution is 0.0478. The van der Waals surface area contributed by atoms with Crippen LogP contribution in [0.3, 0.4) is 0 Å². The van der Waals surface area contributed by atoms with E-state index in [2.05, 4.69) is 19.1 Å². The molecule has 4 rings (SSSR count). The molecule has 33 heavy (non-hydrogen) atoms. The Labute approximate surface area is 197 Å². The van der Waals surface area contributed by atoms with Crippen molar-refractivity contribution in [1.29, 1.82) is 0 Å². The first kappa shape index (κ1) is 23.9. The van der Waals surface area contributed by atoms with Crippen LogP contribution in [0.2, 0.25) is 0 Å². The molecule has 0 aromatic heterocycles. The summed E-state index contributed by atoms with van der Waals surface area (Å²) in [5.74, 6) is 0.799. The van der Waals surface area contributed by atoms with Crippen molar-refractivity contribution in [2.45, 2.75) is 44.1 Å². The summed E-state index contributed by atoms with van der Waals surface area (Å²) in [5.41, 5.74) is 1.71. The van der Waals surface area contributed by atoms with Crippen molar-refractivity contribution in [3.63, 3.8) is 0 Å². The second kappa shape index (κ2) is 10.8. The Morgan fingerprint density at radius 3 is 2.33 bits per heavy atom. The average molecular weight is 471 g/mol. The molecule has 0 aliphatic carbocycles. The molecule has 2 saturated heterocycles. The number of rotatable bonds is 7. The zero-order valence-corrected chi connectivity index (χ0v) is 20.2. The summed E-state index contributed by atoms with van der Waals surface area (Å²) < 4.78 is 33.3. The van der Waals surface area contributed by atoms with E-state index in [1.165, 1.54) is 5.56 Å². The van der Waals surface area contributed by atoms with Crippen molar-refractivity contribution in [2.75, 3.05) is 32.8 Å². The number of nitrogens with zero attached hydrogens (tertiary/aromatic N) is 2. The summed E-state index contributed by atoms with van der Waals surface area (Å²) in [6.45, 7) is 5.93. The first-order valence-corrected chi connectivity index (χ1v) is 13.4. The van der Waals surface area contributed by atoms with Gasteiger partial charge >= 0.3 is 0 Å². The highest BCUT2D eigenvalue weighted by Crippen LogP contribution is 2.25. The molecule has 2 aromatic carbocycles. The number of amides is 1. The van der Waals surface area contributed by atoms with Gasteiger partial charge in [-0.1, -0.05) is 37.3 Å². The Morgan fingerprint density at radius 1 is 0.970 bits per heavy atom. The molecule has 0 radical (unpaired) electrons. The SMILES string of the molecule is CC1CCCN(S(=O)(=O)c2ccc(C(=O)N3CCC(COCc4ccccc4)CC3)cc2)C1. The summed E-state index contributed by atoms with van der Waals surface area (Å²) in [5, 5.41) is 0. The molecule has 2 aromatic rings. The van der Waals surface area contributed by atoms with Gasteiger partial charge in [-0.3, -0.25) is 4.79 Å². The van der Waals surface area contributed by atoms with E-state index in [9.17, 15) is 13.2 Å². The van der Waals surface area contributed by atoms with Crippen LogP contribution in [0.4, 0.5) is 0 Å².